The molecule has 0 aromatic rings. The lowest BCUT2D eigenvalue weighted by atomic mass is 9.85. The fourth-order valence-corrected chi connectivity index (χ4v) is 4.61. The minimum absolute atomic E-state index is 0. The molecule has 3 amide bonds. The Morgan fingerprint density at radius 1 is 1.28 bits per heavy atom. The van der Waals surface area contributed by atoms with E-state index in [9.17, 15) is 14.4 Å². The second-order valence-electron chi connectivity index (χ2n) is 7.13. The molecule has 2 heterocycles. The Balaban J connectivity index is 0.00000182. The molecule has 2 N–H and O–H groups in total. The first-order valence-corrected chi connectivity index (χ1v) is 8.74. The van der Waals surface area contributed by atoms with Crippen molar-refractivity contribution in [1.29, 1.82) is 0 Å². The van der Waals surface area contributed by atoms with Gasteiger partial charge in [0.15, 0.2) is 0 Å². The van der Waals surface area contributed by atoms with Gasteiger partial charge >= 0.3 is 0 Å². The number of allylic oxidation sites excluding steroid dienone is 2. The maximum absolute atomic E-state index is 12.5. The summed E-state index contributed by atoms with van der Waals surface area (Å²) in [4.78, 5) is 38.6. The lowest BCUT2D eigenvalue weighted by molar-refractivity contribution is -0.141. The summed E-state index contributed by atoms with van der Waals surface area (Å²) in [6.07, 6.45) is 4.91. The average Bonchev–Trinajstić information content (AvgIpc) is 3.24. The topological polar surface area (TPSA) is 87.7 Å². The molecule has 0 spiro atoms. The van der Waals surface area contributed by atoms with Crippen molar-refractivity contribution in [2.24, 2.45) is 23.7 Å². The van der Waals surface area contributed by atoms with Gasteiger partial charge in [0.25, 0.3) is 0 Å². The van der Waals surface area contributed by atoms with E-state index < -0.39 is 0 Å². The van der Waals surface area contributed by atoms with Crippen LogP contribution in [0.25, 0.3) is 0 Å². The maximum Gasteiger partial charge on any atom is 0.239 e. The molecule has 7 nitrogen and oxygen atoms in total. The largest absolute Gasteiger partial charge is 0.375 e. The molecule has 2 bridgehead atoms. The van der Waals surface area contributed by atoms with Crippen molar-refractivity contribution >= 4 is 30.1 Å². The number of halogens is 1. The van der Waals surface area contributed by atoms with Crippen LogP contribution in [0, 0.1) is 23.7 Å². The molecule has 8 heteroatoms. The first-order chi connectivity index (χ1) is 11.6. The molecule has 0 aromatic heterocycles. The molecule has 2 aliphatic heterocycles. The number of morpholine rings is 1. The van der Waals surface area contributed by atoms with Crippen LogP contribution in [-0.4, -0.2) is 61.0 Å². The normalized spacial score (nSPS) is 38.7. The summed E-state index contributed by atoms with van der Waals surface area (Å²) >= 11 is 0. The number of likely N-dealkylation sites (tertiary alicyclic amines) is 1. The van der Waals surface area contributed by atoms with E-state index in [4.69, 9.17) is 4.74 Å². The fraction of sp³-hybridized carbons (Fsp3) is 0.706. The third kappa shape index (κ3) is 2.98. The summed E-state index contributed by atoms with van der Waals surface area (Å²) in [6.45, 7) is 3.63. The number of carbonyl (C=O) groups excluding carboxylic acids is 3. The summed E-state index contributed by atoms with van der Waals surface area (Å²) < 4.78 is 5.46. The summed E-state index contributed by atoms with van der Waals surface area (Å²) in [5.74, 6) is -0.176. The second-order valence-corrected chi connectivity index (χ2v) is 7.13. The van der Waals surface area contributed by atoms with E-state index in [2.05, 4.69) is 22.8 Å². The summed E-state index contributed by atoms with van der Waals surface area (Å²) in [5, 5.41) is 5.94. The Hall–Kier alpha value is -1.44. The molecule has 6 atom stereocenters. The summed E-state index contributed by atoms with van der Waals surface area (Å²) in [6, 6.07) is -0.386. The van der Waals surface area contributed by atoms with Crippen LogP contribution in [0.5, 0.6) is 0 Å². The van der Waals surface area contributed by atoms with Gasteiger partial charge in [0.1, 0.15) is 6.04 Å². The van der Waals surface area contributed by atoms with Gasteiger partial charge in [-0.15, -0.1) is 12.4 Å². The molecule has 25 heavy (non-hydrogen) atoms. The first-order valence-electron chi connectivity index (χ1n) is 8.74. The zero-order valence-corrected chi connectivity index (χ0v) is 15.0. The molecule has 0 aromatic carbocycles. The Kier molecular flexibility index (Phi) is 5.18. The molecule has 4 unspecified atom stereocenters. The predicted molar refractivity (Wildman–Crippen MR) is 91.9 cm³/mol. The van der Waals surface area contributed by atoms with Gasteiger partial charge in [0.05, 0.1) is 24.5 Å². The summed E-state index contributed by atoms with van der Waals surface area (Å²) in [5.41, 5.74) is 0. The lowest BCUT2D eigenvalue weighted by Crippen LogP contribution is -2.56. The maximum atomic E-state index is 12.5. The van der Waals surface area contributed by atoms with Crippen molar-refractivity contribution in [3.05, 3.63) is 12.2 Å². The van der Waals surface area contributed by atoms with Gasteiger partial charge in [0, 0.05) is 19.6 Å². The zero-order chi connectivity index (χ0) is 16.8. The molecular weight excluding hydrogens is 346 g/mol. The third-order valence-electron chi connectivity index (χ3n) is 5.80. The highest BCUT2D eigenvalue weighted by atomic mass is 35.5. The van der Waals surface area contributed by atoms with Crippen molar-refractivity contribution in [3.8, 4) is 0 Å². The van der Waals surface area contributed by atoms with E-state index in [1.54, 1.807) is 0 Å². The monoisotopic (exact) mass is 369 g/mol. The number of hydrogen-bond donors (Lipinski definition) is 2. The Labute approximate surface area is 152 Å². The average molecular weight is 370 g/mol. The fourth-order valence-electron chi connectivity index (χ4n) is 4.61. The van der Waals surface area contributed by atoms with E-state index in [0.29, 0.717) is 13.2 Å². The van der Waals surface area contributed by atoms with Gasteiger partial charge in [-0.05, 0) is 25.2 Å². The number of amides is 3. The highest BCUT2D eigenvalue weighted by Crippen LogP contribution is 2.52. The van der Waals surface area contributed by atoms with E-state index in [-0.39, 0.29) is 79.0 Å². The number of ether oxygens (including phenoxy) is 1. The van der Waals surface area contributed by atoms with Crippen molar-refractivity contribution in [2.45, 2.75) is 25.5 Å². The predicted octanol–water partition coefficient (Wildman–Crippen LogP) is -0.292. The van der Waals surface area contributed by atoms with E-state index in [1.807, 2.05) is 6.92 Å². The van der Waals surface area contributed by atoms with Crippen LogP contribution in [0.2, 0.25) is 0 Å². The van der Waals surface area contributed by atoms with Gasteiger partial charge in [-0.2, -0.15) is 0 Å². The molecule has 2 saturated heterocycles. The summed E-state index contributed by atoms with van der Waals surface area (Å²) in [7, 11) is 0. The molecular formula is C17H24ClN3O4. The van der Waals surface area contributed by atoms with Crippen molar-refractivity contribution < 1.29 is 19.1 Å². The molecule has 3 fully saturated rings. The van der Waals surface area contributed by atoms with Crippen molar-refractivity contribution in [1.82, 2.24) is 15.5 Å². The van der Waals surface area contributed by atoms with Gasteiger partial charge in [-0.3, -0.25) is 19.3 Å². The van der Waals surface area contributed by atoms with Crippen LogP contribution in [0.1, 0.15) is 13.3 Å². The van der Waals surface area contributed by atoms with Crippen LogP contribution in [-0.2, 0) is 19.1 Å². The van der Waals surface area contributed by atoms with Crippen LogP contribution < -0.4 is 10.6 Å². The smallest absolute Gasteiger partial charge is 0.239 e. The SMILES string of the molecule is C[C@H]1OCCN[C@@H]1C(=O)NCCN1C(=O)C2C3C=CC(C3)C2C1=O.Cl. The van der Waals surface area contributed by atoms with Gasteiger partial charge in [-0.1, -0.05) is 12.2 Å². The van der Waals surface area contributed by atoms with Crippen molar-refractivity contribution in [3.63, 3.8) is 0 Å². The number of fused-ring (bicyclic) bond motifs is 5. The van der Waals surface area contributed by atoms with Crippen LogP contribution >= 0.6 is 12.4 Å². The highest BCUT2D eigenvalue weighted by Gasteiger charge is 2.58. The number of hydrogen-bond acceptors (Lipinski definition) is 5. The molecule has 0 radical (unpaired) electrons. The van der Waals surface area contributed by atoms with Gasteiger partial charge < -0.3 is 15.4 Å². The Morgan fingerprint density at radius 3 is 2.52 bits per heavy atom. The van der Waals surface area contributed by atoms with E-state index >= 15 is 0 Å². The quantitative estimate of drug-likeness (QED) is 0.525. The minimum Gasteiger partial charge on any atom is -0.375 e. The Bertz CT molecular complexity index is 581. The molecule has 138 valence electrons. The number of imide groups is 1. The number of nitrogens with zero attached hydrogens (tertiary/aromatic N) is 1. The van der Waals surface area contributed by atoms with Crippen LogP contribution in [0.3, 0.4) is 0 Å². The van der Waals surface area contributed by atoms with E-state index in [1.165, 1.54) is 4.90 Å². The standard InChI is InChI=1S/C17H23N3O4.ClH/c1-9-14(18-5-7-24-9)15(21)19-4-6-20-16(22)12-10-2-3-11(8-10)13(12)17(20)23;/h2-3,9-14,18H,4-8H2,1H3,(H,19,21);1H/t9-,10?,11?,12?,13?,14+;/m1./s1. The Morgan fingerprint density at radius 2 is 1.92 bits per heavy atom. The number of rotatable bonds is 4. The number of nitrogens with one attached hydrogen (secondary N) is 2. The van der Waals surface area contributed by atoms with Crippen LogP contribution in [0.4, 0.5) is 0 Å². The van der Waals surface area contributed by atoms with Crippen LogP contribution in [0.15, 0.2) is 12.2 Å². The third-order valence-corrected chi connectivity index (χ3v) is 5.80. The van der Waals surface area contributed by atoms with E-state index in [0.717, 1.165) is 6.42 Å². The first kappa shape index (κ1) is 18.4. The molecule has 4 rings (SSSR count). The van der Waals surface area contributed by atoms with Crippen molar-refractivity contribution in [2.75, 3.05) is 26.2 Å². The molecule has 2 aliphatic carbocycles. The molecule has 4 aliphatic rings. The number of carbonyl (C=O) groups is 3. The zero-order valence-electron chi connectivity index (χ0n) is 14.1. The van der Waals surface area contributed by atoms with Gasteiger partial charge in [-0.25, -0.2) is 0 Å². The second kappa shape index (κ2) is 7.05. The highest BCUT2D eigenvalue weighted by molar-refractivity contribution is 6.06. The van der Waals surface area contributed by atoms with Gasteiger partial charge in [0.2, 0.25) is 17.7 Å². The minimum atomic E-state index is -0.386. The molecule has 1 saturated carbocycles. The lowest BCUT2D eigenvalue weighted by Gasteiger charge is -2.29.